The summed E-state index contributed by atoms with van der Waals surface area (Å²) in [4.78, 5) is 0. The molecule has 1 aromatic rings. The molecule has 0 saturated carbocycles. The Labute approximate surface area is 194 Å². The van der Waals surface area contributed by atoms with E-state index in [1.165, 1.54) is 33.8 Å². The molecular formula is C20H29B2F8Ir-2. The van der Waals surface area contributed by atoms with E-state index >= 15 is 0 Å². The van der Waals surface area contributed by atoms with Gasteiger partial charge in [0.2, 0.25) is 0 Å². The first-order valence-electron chi connectivity index (χ1n) is 9.16. The first-order valence-corrected chi connectivity index (χ1v) is 9.16. The van der Waals surface area contributed by atoms with Crippen LogP contribution in [0.25, 0.3) is 0 Å². The van der Waals surface area contributed by atoms with Crippen molar-refractivity contribution in [3.63, 3.8) is 0 Å². The molecule has 0 bridgehead atoms. The van der Waals surface area contributed by atoms with E-state index in [9.17, 15) is 34.5 Å². The fourth-order valence-electron chi connectivity index (χ4n) is 2.34. The molecule has 1 aromatic carbocycles. The maximum absolute atomic E-state index is 9.75. The second kappa shape index (κ2) is 14.1. The predicted octanol–water partition coefficient (Wildman–Crippen LogP) is 8.85. The zero-order valence-electron chi connectivity index (χ0n) is 18.9. The van der Waals surface area contributed by atoms with Gasteiger partial charge in [-0.05, 0) is 49.8 Å². The van der Waals surface area contributed by atoms with Crippen LogP contribution in [0.2, 0.25) is 0 Å². The van der Waals surface area contributed by atoms with Crippen LogP contribution in [0.1, 0.15) is 61.0 Å². The Morgan fingerprint density at radius 3 is 0.935 bits per heavy atom. The molecule has 0 heterocycles. The standard InChI is InChI=1S/C10H15.C10H14.2BF4.Ir/c1-6-7(2)9(4)10(5)8(6)3;1-10(2,3)9-7-5-4-6-8-9;2*2-1(3,4)5;/h1-5H3;4-8H,1-3H3;;;/q;;2*-1;. The smallest absolute Gasteiger partial charge is 0.418 e. The summed E-state index contributed by atoms with van der Waals surface area (Å²) in [5.74, 6) is 1.47. The molecule has 0 N–H and O–H groups in total. The Hall–Kier alpha value is -1.08. The monoisotopic (exact) mass is 636 g/mol. The summed E-state index contributed by atoms with van der Waals surface area (Å²) >= 11 is 0. The molecule has 2 rings (SSSR count). The van der Waals surface area contributed by atoms with Gasteiger partial charge in [-0.25, -0.2) is 0 Å². The van der Waals surface area contributed by atoms with Gasteiger partial charge in [-0.3, -0.25) is 0 Å². The molecule has 0 spiro atoms. The third-order valence-electron chi connectivity index (χ3n) is 4.45. The van der Waals surface area contributed by atoms with Gasteiger partial charge in [0.05, 0.1) is 0 Å². The Kier molecular flexibility index (Phi) is 15.8. The molecule has 1 aliphatic rings. The second-order valence-electron chi connectivity index (χ2n) is 7.73. The molecular weight excluding hydrogens is 606 g/mol. The van der Waals surface area contributed by atoms with Crippen molar-refractivity contribution in [2.75, 3.05) is 0 Å². The maximum atomic E-state index is 9.75. The number of rotatable bonds is 0. The fraction of sp³-hybridized carbons (Fsp3) is 0.450. The summed E-state index contributed by atoms with van der Waals surface area (Å²) in [7, 11) is -12.0. The molecule has 0 aliphatic heterocycles. The van der Waals surface area contributed by atoms with Crippen molar-refractivity contribution in [2.45, 2.75) is 60.8 Å². The van der Waals surface area contributed by atoms with E-state index in [0.29, 0.717) is 5.41 Å². The first kappa shape index (κ1) is 34.5. The molecule has 0 unspecified atom stereocenters. The minimum absolute atomic E-state index is 0. The zero-order chi connectivity index (χ0) is 24.5. The number of hydrogen-bond acceptors (Lipinski definition) is 0. The summed E-state index contributed by atoms with van der Waals surface area (Å²) in [6.45, 7) is 17.7. The van der Waals surface area contributed by atoms with Crippen LogP contribution in [0.4, 0.5) is 34.5 Å². The van der Waals surface area contributed by atoms with E-state index in [4.69, 9.17) is 0 Å². The third kappa shape index (κ3) is 19.3. The summed E-state index contributed by atoms with van der Waals surface area (Å²) in [5, 5.41) is 0. The van der Waals surface area contributed by atoms with Crippen molar-refractivity contribution in [3.05, 3.63) is 64.1 Å². The molecule has 2 radical (unpaired) electrons. The Bertz CT molecular complexity index is 655. The number of allylic oxidation sites excluding steroid dienone is 4. The van der Waals surface area contributed by atoms with E-state index in [1.54, 1.807) is 0 Å². The van der Waals surface area contributed by atoms with E-state index in [-0.39, 0.29) is 20.1 Å². The summed E-state index contributed by atoms with van der Waals surface area (Å²) in [6, 6.07) is 10.6. The first-order chi connectivity index (χ1) is 13.2. The fourth-order valence-corrected chi connectivity index (χ4v) is 2.34. The van der Waals surface area contributed by atoms with Crippen LogP contribution in [0.5, 0.6) is 0 Å². The summed E-state index contributed by atoms with van der Waals surface area (Å²) in [5.41, 5.74) is 7.56. The van der Waals surface area contributed by atoms with Gasteiger partial charge in [0.1, 0.15) is 0 Å². The van der Waals surface area contributed by atoms with Crippen molar-refractivity contribution in [1.82, 2.24) is 0 Å². The molecule has 0 saturated heterocycles. The van der Waals surface area contributed by atoms with Crippen molar-refractivity contribution in [2.24, 2.45) is 0 Å². The van der Waals surface area contributed by atoms with Gasteiger partial charge in [-0.2, -0.15) is 0 Å². The molecule has 0 aromatic heterocycles. The minimum atomic E-state index is -6.00. The van der Waals surface area contributed by atoms with Gasteiger partial charge >= 0.3 is 14.5 Å². The van der Waals surface area contributed by atoms with Gasteiger partial charge < -0.3 is 34.5 Å². The normalized spacial score (nSPS) is 14.5. The van der Waals surface area contributed by atoms with Crippen LogP contribution in [-0.4, -0.2) is 14.5 Å². The quantitative estimate of drug-likeness (QED) is 0.198. The van der Waals surface area contributed by atoms with Crippen LogP contribution < -0.4 is 0 Å². The largest absolute Gasteiger partial charge is 0.673 e. The van der Waals surface area contributed by atoms with Crippen LogP contribution in [0.3, 0.4) is 0 Å². The van der Waals surface area contributed by atoms with Gasteiger partial charge in [0, 0.05) is 26.0 Å². The van der Waals surface area contributed by atoms with Crippen LogP contribution in [0, 0.1) is 5.92 Å². The average Bonchev–Trinajstić information content (AvgIpc) is 2.70. The zero-order valence-corrected chi connectivity index (χ0v) is 21.3. The van der Waals surface area contributed by atoms with Gasteiger partial charge in [0.15, 0.2) is 0 Å². The molecule has 1 aliphatic carbocycles. The Morgan fingerprint density at radius 2 is 0.806 bits per heavy atom. The third-order valence-corrected chi connectivity index (χ3v) is 4.45. The topological polar surface area (TPSA) is 0 Å². The number of halogens is 8. The van der Waals surface area contributed by atoms with E-state index in [0.717, 1.165) is 0 Å². The maximum Gasteiger partial charge on any atom is 0.673 e. The van der Waals surface area contributed by atoms with E-state index in [1.807, 2.05) is 0 Å². The van der Waals surface area contributed by atoms with Crippen molar-refractivity contribution < 1.29 is 54.6 Å². The number of benzene rings is 1. The Balaban J connectivity index is -0.000000353. The molecule has 0 fully saturated rings. The molecule has 31 heavy (non-hydrogen) atoms. The van der Waals surface area contributed by atoms with Crippen molar-refractivity contribution in [1.29, 1.82) is 0 Å². The molecule has 0 amide bonds. The van der Waals surface area contributed by atoms with Crippen LogP contribution >= 0.6 is 0 Å². The minimum Gasteiger partial charge on any atom is -0.418 e. The van der Waals surface area contributed by atoms with Crippen molar-refractivity contribution in [3.8, 4) is 0 Å². The van der Waals surface area contributed by atoms with Crippen molar-refractivity contribution >= 4 is 14.5 Å². The molecule has 11 heteroatoms. The van der Waals surface area contributed by atoms with Gasteiger partial charge in [-0.15, -0.1) is 0 Å². The molecule has 0 atom stereocenters. The summed E-state index contributed by atoms with van der Waals surface area (Å²) < 4.78 is 78.0. The van der Waals surface area contributed by atoms with Crippen LogP contribution in [0.15, 0.2) is 52.6 Å². The summed E-state index contributed by atoms with van der Waals surface area (Å²) in [6.07, 6.45) is 0. The number of hydrogen-bond donors (Lipinski definition) is 0. The molecule has 0 nitrogen and oxygen atoms in total. The second-order valence-corrected chi connectivity index (χ2v) is 7.73. The van der Waals surface area contributed by atoms with Gasteiger partial charge in [-0.1, -0.05) is 69.2 Å². The predicted molar refractivity (Wildman–Crippen MR) is 111 cm³/mol. The van der Waals surface area contributed by atoms with Crippen LogP contribution in [-0.2, 0) is 25.5 Å². The van der Waals surface area contributed by atoms with Gasteiger partial charge in [0.25, 0.3) is 0 Å². The average molecular weight is 635 g/mol. The van der Waals surface area contributed by atoms with E-state index in [2.05, 4.69) is 85.7 Å². The van der Waals surface area contributed by atoms with E-state index < -0.39 is 14.5 Å². The Morgan fingerprint density at radius 1 is 0.548 bits per heavy atom. The SMILES string of the molecule is CC(C)(C)c1ccccc1.C[C]1C(C)=C(C)C(C)=C1C.F[B-](F)(F)F.F[B-](F)(F)F.[Ir]. The molecule has 182 valence electrons.